The van der Waals surface area contributed by atoms with Crippen molar-refractivity contribution in [1.29, 1.82) is 0 Å². The van der Waals surface area contributed by atoms with Gasteiger partial charge < -0.3 is 15.7 Å². The quantitative estimate of drug-likeness (QED) is 0.613. The molecule has 0 aliphatic carbocycles. The zero-order chi connectivity index (χ0) is 13.2. The van der Waals surface area contributed by atoms with Gasteiger partial charge in [0.2, 0.25) is 5.91 Å². The van der Waals surface area contributed by atoms with Crippen molar-refractivity contribution in [3.05, 3.63) is 0 Å². The van der Waals surface area contributed by atoms with Crippen LogP contribution in [0.1, 0.15) is 45.4 Å². The van der Waals surface area contributed by atoms with Crippen molar-refractivity contribution in [2.24, 2.45) is 11.8 Å². The Balaban J connectivity index is 2.17. The number of hydrogen-bond acceptors (Lipinski definition) is 3. The molecule has 1 aliphatic heterocycles. The van der Waals surface area contributed by atoms with Gasteiger partial charge in [-0.15, -0.1) is 0 Å². The molecule has 0 saturated carbocycles. The van der Waals surface area contributed by atoms with E-state index in [0.29, 0.717) is 18.3 Å². The van der Waals surface area contributed by atoms with Gasteiger partial charge in [0.25, 0.3) is 0 Å². The first-order valence-corrected chi connectivity index (χ1v) is 7.34. The molecule has 1 atom stereocenters. The molecule has 1 fully saturated rings. The minimum absolute atomic E-state index is 0.181. The van der Waals surface area contributed by atoms with E-state index in [0.717, 1.165) is 51.7 Å². The molecule has 1 heterocycles. The Kier molecular flexibility index (Phi) is 8.01. The second kappa shape index (κ2) is 9.34. The number of aliphatic hydroxyl groups is 1. The zero-order valence-electron chi connectivity index (χ0n) is 11.6. The average molecular weight is 256 g/mol. The van der Waals surface area contributed by atoms with E-state index in [1.807, 2.05) is 0 Å². The highest BCUT2D eigenvalue weighted by Gasteiger charge is 2.17. The summed E-state index contributed by atoms with van der Waals surface area (Å²) in [5.74, 6) is 1.16. The number of carbonyl (C=O) groups is 1. The van der Waals surface area contributed by atoms with Gasteiger partial charge >= 0.3 is 0 Å². The topological polar surface area (TPSA) is 61.4 Å². The van der Waals surface area contributed by atoms with Crippen LogP contribution in [-0.2, 0) is 4.79 Å². The summed E-state index contributed by atoms with van der Waals surface area (Å²) in [6.45, 7) is 5.16. The van der Waals surface area contributed by atoms with Crippen LogP contribution in [0.3, 0.4) is 0 Å². The summed E-state index contributed by atoms with van der Waals surface area (Å²) in [5.41, 5.74) is 0. The number of rotatable bonds is 8. The molecular weight excluding hydrogens is 228 g/mol. The standard InChI is InChI=1S/C14H28N2O2/c1-2-3-13(6-9-17)11-16-14(18)10-12-4-7-15-8-5-12/h12-13,15,17H,2-11H2,1H3,(H,16,18). The Morgan fingerprint density at radius 3 is 2.72 bits per heavy atom. The highest BCUT2D eigenvalue weighted by atomic mass is 16.3. The molecule has 18 heavy (non-hydrogen) atoms. The van der Waals surface area contributed by atoms with Crippen molar-refractivity contribution in [1.82, 2.24) is 10.6 Å². The van der Waals surface area contributed by atoms with Gasteiger partial charge in [0, 0.05) is 19.6 Å². The lowest BCUT2D eigenvalue weighted by Gasteiger charge is -2.22. The van der Waals surface area contributed by atoms with E-state index in [-0.39, 0.29) is 12.5 Å². The summed E-state index contributed by atoms with van der Waals surface area (Å²) in [7, 11) is 0. The van der Waals surface area contributed by atoms with E-state index in [2.05, 4.69) is 17.6 Å². The van der Waals surface area contributed by atoms with E-state index in [4.69, 9.17) is 5.11 Å². The molecule has 4 heteroatoms. The molecule has 106 valence electrons. The summed E-state index contributed by atoms with van der Waals surface area (Å²) in [6.07, 6.45) is 5.87. The molecule has 0 aromatic heterocycles. The van der Waals surface area contributed by atoms with Crippen LogP contribution in [0, 0.1) is 11.8 Å². The Labute approximate surface area is 111 Å². The monoisotopic (exact) mass is 256 g/mol. The molecule has 4 nitrogen and oxygen atoms in total. The molecule has 3 N–H and O–H groups in total. The fraction of sp³-hybridized carbons (Fsp3) is 0.929. The highest BCUT2D eigenvalue weighted by molar-refractivity contribution is 5.76. The summed E-state index contributed by atoms with van der Waals surface area (Å²) in [6, 6.07) is 0. The van der Waals surface area contributed by atoms with E-state index in [1.165, 1.54) is 0 Å². The molecule has 0 bridgehead atoms. The normalized spacial score (nSPS) is 18.6. The van der Waals surface area contributed by atoms with Crippen molar-refractivity contribution < 1.29 is 9.90 Å². The van der Waals surface area contributed by atoms with Crippen LogP contribution in [-0.4, -0.2) is 37.3 Å². The van der Waals surface area contributed by atoms with Crippen molar-refractivity contribution >= 4 is 5.91 Å². The van der Waals surface area contributed by atoms with Crippen LogP contribution in [0.15, 0.2) is 0 Å². The Morgan fingerprint density at radius 1 is 1.39 bits per heavy atom. The Morgan fingerprint density at radius 2 is 2.11 bits per heavy atom. The van der Waals surface area contributed by atoms with Crippen molar-refractivity contribution in [2.75, 3.05) is 26.2 Å². The third kappa shape index (κ3) is 6.36. The Bertz CT molecular complexity index is 222. The van der Waals surface area contributed by atoms with Crippen molar-refractivity contribution in [2.45, 2.75) is 45.4 Å². The van der Waals surface area contributed by atoms with Gasteiger partial charge in [-0.2, -0.15) is 0 Å². The summed E-state index contributed by atoms with van der Waals surface area (Å²) in [4.78, 5) is 11.8. The second-order valence-corrected chi connectivity index (χ2v) is 5.37. The zero-order valence-corrected chi connectivity index (χ0v) is 11.6. The van der Waals surface area contributed by atoms with Crippen LogP contribution in [0.25, 0.3) is 0 Å². The SMILES string of the molecule is CCCC(CCO)CNC(=O)CC1CCNCC1. The van der Waals surface area contributed by atoms with Crippen LogP contribution in [0.2, 0.25) is 0 Å². The molecule has 1 aliphatic rings. The Hall–Kier alpha value is -0.610. The first-order valence-electron chi connectivity index (χ1n) is 7.34. The van der Waals surface area contributed by atoms with E-state index < -0.39 is 0 Å². The number of nitrogens with one attached hydrogen (secondary N) is 2. The fourth-order valence-corrected chi connectivity index (χ4v) is 2.62. The van der Waals surface area contributed by atoms with Crippen LogP contribution in [0.5, 0.6) is 0 Å². The van der Waals surface area contributed by atoms with Gasteiger partial charge in [0.05, 0.1) is 0 Å². The number of carbonyl (C=O) groups excluding carboxylic acids is 1. The first kappa shape index (κ1) is 15.4. The molecule has 1 amide bonds. The van der Waals surface area contributed by atoms with Gasteiger partial charge in [-0.25, -0.2) is 0 Å². The van der Waals surface area contributed by atoms with Gasteiger partial charge in [-0.05, 0) is 50.6 Å². The lowest BCUT2D eigenvalue weighted by atomic mass is 9.94. The highest BCUT2D eigenvalue weighted by Crippen LogP contribution is 2.16. The van der Waals surface area contributed by atoms with Crippen molar-refractivity contribution in [3.8, 4) is 0 Å². The number of amides is 1. The maximum atomic E-state index is 11.8. The predicted octanol–water partition coefficient (Wildman–Crippen LogP) is 1.29. The minimum Gasteiger partial charge on any atom is -0.396 e. The second-order valence-electron chi connectivity index (χ2n) is 5.37. The fourth-order valence-electron chi connectivity index (χ4n) is 2.62. The molecule has 1 unspecified atom stereocenters. The summed E-state index contributed by atoms with van der Waals surface area (Å²) >= 11 is 0. The van der Waals surface area contributed by atoms with Gasteiger partial charge in [0.15, 0.2) is 0 Å². The maximum absolute atomic E-state index is 11.8. The largest absolute Gasteiger partial charge is 0.396 e. The molecular formula is C14H28N2O2. The van der Waals surface area contributed by atoms with Gasteiger partial charge in [0.1, 0.15) is 0 Å². The smallest absolute Gasteiger partial charge is 0.220 e. The number of hydrogen-bond donors (Lipinski definition) is 3. The van der Waals surface area contributed by atoms with Gasteiger partial charge in [-0.1, -0.05) is 13.3 Å². The van der Waals surface area contributed by atoms with Crippen LogP contribution >= 0.6 is 0 Å². The minimum atomic E-state index is 0.181. The van der Waals surface area contributed by atoms with E-state index >= 15 is 0 Å². The average Bonchev–Trinajstić information content (AvgIpc) is 2.38. The van der Waals surface area contributed by atoms with E-state index in [1.54, 1.807) is 0 Å². The molecule has 0 aromatic carbocycles. The molecule has 1 rings (SSSR count). The number of piperidine rings is 1. The van der Waals surface area contributed by atoms with E-state index in [9.17, 15) is 4.79 Å². The maximum Gasteiger partial charge on any atom is 0.220 e. The van der Waals surface area contributed by atoms with Gasteiger partial charge in [-0.3, -0.25) is 4.79 Å². The molecule has 1 saturated heterocycles. The van der Waals surface area contributed by atoms with Crippen molar-refractivity contribution in [3.63, 3.8) is 0 Å². The third-order valence-corrected chi connectivity index (χ3v) is 3.75. The lowest BCUT2D eigenvalue weighted by molar-refractivity contribution is -0.122. The molecule has 0 aromatic rings. The molecule has 0 spiro atoms. The lowest BCUT2D eigenvalue weighted by Crippen LogP contribution is -2.34. The third-order valence-electron chi connectivity index (χ3n) is 3.75. The first-order chi connectivity index (χ1) is 8.76. The molecule has 0 radical (unpaired) electrons. The van der Waals surface area contributed by atoms with Crippen LogP contribution in [0.4, 0.5) is 0 Å². The summed E-state index contributed by atoms with van der Waals surface area (Å²) in [5, 5.41) is 15.3. The van der Waals surface area contributed by atoms with Crippen LogP contribution < -0.4 is 10.6 Å². The predicted molar refractivity (Wildman–Crippen MR) is 73.3 cm³/mol. The summed E-state index contributed by atoms with van der Waals surface area (Å²) < 4.78 is 0. The number of aliphatic hydroxyl groups excluding tert-OH is 1.